The average molecular weight is 328 g/mol. The lowest BCUT2D eigenvalue weighted by Crippen LogP contribution is -2.24. The van der Waals surface area contributed by atoms with Crippen LogP contribution in [-0.2, 0) is 12.0 Å². The van der Waals surface area contributed by atoms with Crippen LogP contribution in [0.1, 0.15) is 39.2 Å². The highest BCUT2D eigenvalue weighted by Gasteiger charge is 2.25. The maximum Gasteiger partial charge on any atom is 0.188 e. The number of rotatable bonds is 3. The van der Waals surface area contributed by atoms with Crippen molar-refractivity contribution < 1.29 is 0 Å². The summed E-state index contributed by atoms with van der Waals surface area (Å²) in [6.07, 6.45) is 4.29. The molecule has 0 spiro atoms. The zero-order valence-corrected chi connectivity index (χ0v) is 14.8. The van der Waals surface area contributed by atoms with Crippen LogP contribution in [0.15, 0.2) is 18.5 Å². The van der Waals surface area contributed by atoms with E-state index in [4.69, 9.17) is 4.98 Å². The first-order chi connectivity index (χ1) is 10.9. The Bertz CT molecular complexity index is 813. The molecule has 3 heterocycles. The fourth-order valence-electron chi connectivity index (χ4n) is 2.30. The summed E-state index contributed by atoms with van der Waals surface area (Å²) in [5.41, 5.74) is 0.866. The summed E-state index contributed by atoms with van der Waals surface area (Å²) >= 11 is 1.57. The van der Waals surface area contributed by atoms with E-state index in [9.17, 15) is 0 Å². The normalized spacial score (nSPS) is 11.9. The van der Waals surface area contributed by atoms with E-state index in [-0.39, 0.29) is 5.54 Å². The smallest absolute Gasteiger partial charge is 0.188 e. The average Bonchev–Trinajstić information content (AvgIpc) is 3.10. The van der Waals surface area contributed by atoms with Crippen LogP contribution < -0.4 is 0 Å². The molecular formula is C16H20N6S. The molecule has 0 amide bonds. The van der Waals surface area contributed by atoms with Gasteiger partial charge in [-0.2, -0.15) is 5.10 Å². The van der Waals surface area contributed by atoms with Crippen LogP contribution in [0.4, 0.5) is 0 Å². The Morgan fingerprint density at radius 3 is 2.43 bits per heavy atom. The molecule has 0 saturated carbocycles. The summed E-state index contributed by atoms with van der Waals surface area (Å²) < 4.78 is 1.98. The Morgan fingerprint density at radius 1 is 1.13 bits per heavy atom. The highest BCUT2D eigenvalue weighted by Crippen LogP contribution is 2.35. The van der Waals surface area contributed by atoms with Crippen molar-refractivity contribution in [1.82, 2.24) is 29.7 Å². The van der Waals surface area contributed by atoms with E-state index in [0.29, 0.717) is 5.82 Å². The largest absolute Gasteiger partial charge is 0.239 e. The topological polar surface area (TPSA) is 69.4 Å². The van der Waals surface area contributed by atoms with Gasteiger partial charge in [-0.3, -0.25) is 0 Å². The molecule has 23 heavy (non-hydrogen) atoms. The third kappa shape index (κ3) is 3.01. The molecule has 3 rings (SSSR count). The Morgan fingerprint density at radius 2 is 1.83 bits per heavy atom. The van der Waals surface area contributed by atoms with Crippen molar-refractivity contribution in [3.63, 3.8) is 0 Å². The molecule has 0 N–H and O–H groups in total. The summed E-state index contributed by atoms with van der Waals surface area (Å²) in [6.45, 7) is 10.4. The van der Waals surface area contributed by atoms with Gasteiger partial charge < -0.3 is 0 Å². The molecule has 0 radical (unpaired) electrons. The molecule has 0 aliphatic rings. The molecule has 0 unspecified atom stereocenters. The maximum atomic E-state index is 4.72. The summed E-state index contributed by atoms with van der Waals surface area (Å²) in [6, 6.07) is 1.80. The van der Waals surface area contributed by atoms with Crippen molar-refractivity contribution in [1.29, 1.82) is 0 Å². The summed E-state index contributed by atoms with van der Waals surface area (Å²) in [5.74, 6) is 2.28. The predicted molar refractivity (Wildman–Crippen MR) is 91.3 cm³/mol. The zero-order chi connectivity index (χ0) is 16.6. The van der Waals surface area contributed by atoms with Gasteiger partial charge in [0.05, 0.1) is 16.1 Å². The Labute approximate surface area is 139 Å². The second-order valence-corrected chi connectivity index (χ2v) is 7.29. The first-order valence-corrected chi connectivity index (χ1v) is 8.43. The third-order valence-electron chi connectivity index (χ3n) is 3.34. The molecule has 0 fully saturated rings. The van der Waals surface area contributed by atoms with Crippen LogP contribution in [0.3, 0.4) is 0 Å². The van der Waals surface area contributed by atoms with Gasteiger partial charge in [-0.05, 0) is 40.2 Å². The standard InChI is InChI=1S/C16H20N6S/c1-6-11-12(14-19-10(2)21-22(14)16(3,4)5)23-15(20-11)13-17-8-7-9-18-13/h7-9H,6H2,1-5H3. The van der Waals surface area contributed by atoms with Crippen LogP contribution in [0.25, 0.3) is 21.5 Å². The van der Waals surface area contributed by atoms with Crippen molar-refractivity contribution in [2.75, 3.05) is 0 Å². The third-order valence-corrected chi connectivity index (χ3v) is 4.43. The van der Waals surface area contributed by atoms with Crippen LogP contribution in [-0.4, -0.2) is 29.7 Å². The van der Waals surface area contributed by atoms with Gasteiger partial charge >= 0.3 is 0 Å². The van der Waals surface area contributed by atoms with Gasteiger partial charge in [-0.1, -0.05) is 6.92 Å². The van der Waals surface area contributed by atoms with E-state index in [1.807, 2.05) is 11.6 Å². The van der Waals surface area contributed by atoms with E-state index < -0.39 is 0 Å². The van der Waals surface area contributed by atoms with Crippen molar-refractivity contribution in [2.24, 2.45) is 0 Å². The molecule has 0 saturated heterocycles. The van der Waals surface area contributed by atoms with Crippen LogP contribution in [0, 0.1) is 6.92 Å². The molecule has 0 aliphatic heterocycles. The minimum atomic E-state index is -0.144. The molecule has 7 heteroatoms. The number of aromatic nitrogens is 6. The van der Waals surface area contributed by atoms with Gasteiger partial charge in [-0.15, -0.1) is 11.3 Å². The van der Waals surface area contributed by atoms with Crippen LogP contribution in [0.5, 0.6) is 0 Å². The fraction of sp³-hybridized carbons (Fsp3) is 0.438. The lowest BCUT2D eigenvalue weighted by atomic mass is 10.1. The van der Waals surface area contributed by atoms with Crippen molar-refractivity contribution in [3.8, 4) is 21.5 Å². The van der Waals surface area contributed by atoms with E-state index in [1.165, 1.54) is 0 Å². The number of thiazole rings is 1. The molecule has 0 atom stereocenters. The number of aryl methyl sites for hydroxylation is 2. The van der Waals surface area contributed by atoms with Crippen molar-refractivity contribution in [3.05, 3.63) is 30.0 Å². The molecule has 120 valence electrons. The van der Waals surface area contributed by atoms with Gasteiger partial charge in [-0.25, -0.2) is 24.6 Å². The Balaban J connectivity index is 2.16. The lowest BCUT2D eigenvalue weighted by Gasteiger charge is -2.20. The minimum Gasteiger partial charge on any atom is -0.239 e. The molecular weight excluding hydrogens is 308 g/mol. The first-order valence-electron chi connectivity index (χ1n) is 7.61. The second-order valence-electron chi connectivity index (χ2n) is 6.29. The zero-order valence-electron chi connectivity index (χ0n) is 14.0. The first kappa shape index (κ1) is 15.7. The summed E-state index contributed by atoms with van der Waals surface area (Å²) in [4.78, 5) is 19.0. The molecule has 6 nitrogen and oxygen atoms in total. The molecule has 3 aromatic heterocycles. The monoisotopic (exact) mass is 328 g/mol. The van der Waals surface area contributed by atoms with Gasteiger partial charge in [0.2, 0.25) is 0 Å². The SMILES string of the molecule is CCc1nc(-c2ncccn2)sc1-c1nc(C)nn1C(C)(C)C. The van der Waals surface area contributed by atoms with E-state index in [0.717, 1.165) is 33.6 Å². The maximum absolute atomic E-state index is 4.72. The van der Waals surface area contributed by atoms with Crippen molar-refractivity contribution in [2.45, 2.75) is 46.6 Å². The molecule has 0 aromatic carbocycles. The highest BCUT2D eigenvalue weighted by molar-refractivity contribution is 7.18. The van der Waals surface area contributed by atoms with Gasteiger partial charge in [0.15, 0.2) is 16.7 Å². The minimum absolute atomic E-state index is 0.144. The number of nitrogens with zero attached hydrogens (tertiary/aromatic N) is 6. The van der Waals surface area contributed by atoms with Crippen LogP contribution in [0.2, 0.25) is 0 Å². The van der Waals surface area contributed by atoms with Gasteiger partial charge in [0.25, 0.3) is 0 Å². The highest BCUT2D eigenvalue weighted by atomic mass is 32.1. The van der Waals surface area contributed by atoms with Gasteiger partial charge in [0.1, 0.15) is 5.82 Å². The Hall–Kier alpha value is -2.15. The number of hydrogen-bond acceptors (Lipinski definition) is 6. The quantitative estimate of drug-likeness (QED) is 0.736. The lowest BCUT2D eigenvalue weighted by molar-refractivity contribution is 0.358. The van der Waals surface area contributed by atoms with Gasteiger partial charge in [0, 0.05) is 12.4 Å². The number of hydrogen-bond donors (Lipinski definition) is 0. The molecule has 3 aromatic rings. The molecule has 0 aliphatic carbocycles. The van der Waals surface area contributed by atoms with E-state index in [1.54, 1.807) is 29.8 Å². The fourth-order valence-corrected chi connectivity index (χ4v) is 3.38. The van der Waals surface area contributed by atoms with E-state index >= 15 is 0 Å². The van der Waals surface area contributed by atoms with E-state index in [2.05, 4.69) is 47.7 Å². The molecule has 0 bridgehead atoms. The summed E-state index contributed by atoms with van der Waals surface area (Å²) in [7, 11) is 0. The Kier molecular flexibility index (Phi) is 3.97. The van der Waals surface area contributed by atoms with Crippen LogP contribution >= 0.6 is 11.3 Å². The predicted octanol–water partition coefficient (Wildman–Crippen LogP) is 3.48. The van der Waals surface area contributed by atoms with Crippen molar-refractivity contribution >= 4 is 11.3 Å². The summed E-state index contributed by atoms with van der Waals surface area (Å²) in [5, 5.41) is 5.39. The second kappa shape index (κ2) is 5.81.